The topological polar surface area (TPSA) is 12.9 Å². The summed E-state index contributed by atoms with van der Waals surface area (Å²) in [5.41, 5.74) is 2.56. The molecule has 0 aliphatic rings. The van der Waals surface area contributed by atoms with Crippen molar-refractivity contribution in [2.45, 2.75) is 25.7 Å². The molecule has 1 nitrogen and oxygen atoms in total. The Hall–Kier alpha value is -1.15. The number of nitrogens with zero attached hydrogens (tertiary/aromatic N) is 1. The summed E-state index contributed by atoms with van der Waals surface area (Å²) in [5, 5.41) is 0. The molecule has 1 heterocycles. The van der Waals surface area contributed by atoms with Gasteiger partial charge in [-0.2, -0.15) is 0 Å². The Morgan fingerprint density at radius 2 is 1.88 bits per heavy atom. The average molecular weight is 290 g/mol. The molecule has 88 valence electrons. The highest BCUT2D eigenvalue weighted by Crippen LogP contribution is 2.23. The second-order valence-corrected chi connectivity index (χ2v) is 5.11. The predicted octanol–water partition coefficient (Wildman–Crippen LogP) is 4.58. The summed E-state index contributed by atoms with van der Waals surface area (Å²) in [4.78, 5) is 4.45. The first-order valence-electron chi connectivity index (χ1n) is 5.95. The molecule has 0 radical (unpaired) electrons. The molecule has 0 spiro atoms. The minimum Gasteiger partial charge on any atom is -0.261 e. The maximum atomic E-state index is 4.45. The molecule has 2 aromatic rings. The van der Waals surface area contributed by atoms with Gasteiger partial charge in [-0.1, -0.05) is 41.1 Å². The van der Waals surface area contributed by atoms with Crippen LogP contribution < -0.4 is 0 Å². The average Bonchev–Trinajstić information content (AvgIpc) is 2.39. The van der Waals surface area contributed by atoms with Crippen LogP contribution >= 0.6 is 15.9 Å². The summed E-state index contributed by atoms with van der Waals surface area (Å²) in [6.45, 7) is 2.22. The fourth-order valence-electron chi connectivity index (χ4n) is 1.98. The van der Waals surface area contributed by atoms with Crippen molar-refractivity contribution in [1.29, 1.82) is 0 Å². The third kappa shape index (κ3) is 3.40. The van der Waals surface area contributed by atoms with Crippen LogP contribution in [0.1, 0.15) is 30.5 Å². The number of hydrogen-bond donors (Lipinski definition) is 0. The van der Waals surface area contributed by atoms with Crippen LogP contribution in [0.4, 0.5) is 0 Å². The van der Waals surface area contributed by atoms with E-state index < -0.39 is 0 Å². The lowest BCUT2D eigenvalue weighted by atomic mass is 9.93. The zero-order valence-electron chi connectivity index (χ0n) is 9.94. The lowest BCUT2D eigenvalue weighted by Gasteiger charge is -2.14. The molecule has 1 atom stereocenters. The van der Waals surface area contributed by atoms with Crippen LogP contribution in [0.2, 0.25) is 0 Å². The fourth-order valence-corrected chi connectivity index (χ4v) is 2.24. The SMILES string of the molecule is CCC(Cc1ccc(Br)cc1)c1ccccn1. The van der Waals surface area contributed by atoms with E-state index in [2.05, 4.69) is 64.2 Å². The monoisotopic (exact) mass is 289 g/mol. The second-order valence-electron chi connectivity index (χ2n) is 4.19. The molecule has 0 fully saturated rings. The first-order valence-corrected chi connectivity index (χ1v) is 6.74. The van der Waals surface area contributed by atoms with Gasteiger partial charge in [-0.05, 0) is 42.7 Å². The van der Waals surface area contributed by atoms with Gasteiger partial charge in [0.05, 0.1) is 0 Å². The van der Waals surface area contributed by atoms with Crippen LogP contribution in [0.3, 0.4) is 0 Å². The van der Waals surface area contributed by atoms with Gasteiger partial charge in [0.2, 0.25) is 0 Å². The van der Waals surface area contributed by atoms with Crippen LogP contribution in [-0.2, 0) is 6.42 Å². The second kappa shape index (κ2) is 5.97. The number of benzene rings is 1. The molecule has 17 heavy (non-hydrogen) atoms. The molecule has 1 aromatic heterocycles. The molecular formula is C15H16BrN. The minimum atomic E-state index is 0.511. The van der Waals surface area contributed by atoms with E-state index in [1.54, 1.807) is 0 Å². The van der Waals surface area contributed by atoms with Crippen LogP contribution in [0.15, 0.2) is 53.1 Å². The largest absolute Gasteiger partial charge is 0.261 e. The van der Waals surface area contributed by atoms with Gasteiger partial charge in [0.25, 0.3) is 0 Å². The van der Waals surface area contributed by atoms with Crippen LogP contribution in [-0.4, -0.2) is 4.98 Å². The van der Waals surface area contributed by atoms with E-state index in [1.165, 1.54) is 11.3 Å². The van der Waals surface area contributed by atoms with Gasteiger partial charge >= 0.3 is 0 Å². The Morgan fingerprint density at radius 1 is 1.12 bits per heavy atom. The highest BCUT2D eigenvalue weighted by Gasteiger charge is 2.10. The predicted molar refractivity (Wildman–Crippen MR) is 75.1 cm³/mol. The number of aromatic nitrogens is 1. The molecule has 2 rings (SSSR count). The number of rotatable bonds is 4. The van der Waals surface area contributed by atoms with Crippen LogP contribution in [0, 0.1) is 0 Å². The Labute approximate surface area is 111 Å². The van der Waals surface area contributed by atoms with E-state index in [4.69, 9.17) is 0 Å². The molecule has 0 saturated carbocycles. The van der Waals surface area contributed by atoms with Gasteiger partial charge in [0.15, 0.2) is 0 Å². The number of pyridine rings is 1. The molecule has 0 bridgehead atoms. The number of hydrogen-bond acceptors (Lipinski definition) is 1. The zero-order valence-corrected chi connectivity index (χ0v) is 11.5. The molecule has 0 amide bonds. The van der Waals surface area contributed by atoms with Crippen molar-refractivity contribution in [2.24, 2.45) is 0 Å². The molecule has 0 saturated heterocycles. The summed E-state index contributed by atoms with van der Waals surface area (Å²) in [6, 6.07) is 14.7. The summed E-state index contributed by atoms with van der Waals surface area (Å²) in [7, 11) is 0. The van der Waals surface area contributed by atoms with E-state index >= 15 is 0 Å². The fraction of sp³-hybridized carbons (Fsp3) is 0.267. The van der Waals surface area contributed by atoms with Crippen LogP contribution in [0.5, 0.6) is 0 Å². The minimum absolute atomic E-state index is 0.511. The summed E-state index contributed by atoms with van der Waals surface area (Å²) >= 11 is 3.46. The lowest BCUT2D eigenvalue weighted by molar-refractivity contribution is 0.640. The van der Waals surface area contributed by atoms with E-state index in [0.29, 0.717) is 5.92 Å². The van der Waals surface area contributed by atoms with E-state index in [9.17, 15) is 0 Å². The highest BCUT2D eigenvalue weighted by molar-refractivity contribution is 9.10. The van der Waals surface area contributed by atoms with Gasteiger partial charge in [0, 0.05) is 22.3 Å². The molecule has 1 unspecified atom stereocenters. The quantitative estimate of drug-likeness (QED) is 0.803. The molecular weight excluding hydrogens is 274 g/mol. The maximum Gasteiger partial charge on any atom is 0.0437 e. The maximum absolute atomic E-state index is 4.45. The third-order valence-corrected chi connectivity index (χ3v) is 3.52. The highest BCUT2D eigenvalue weighted by atomic mass is 79.9. The van der Waals surface area contributed by atoms with E-state index in [-0.39, 0.29) is 0 Å². The van der Waals surface area contributed by atoms with Gasteiger partial charge < -0.3 is 0 Å². The Balaban J connectivity index is 2.13. The Morgan fingerprint density at radius 3 is 2.47 bits per heavy atom. The third-order valence-electron chi connectivity index (χ3n) is 2.99. The summed E-state index contributed by atoms with van der Waals surface area (Å²) in [5.74, 6) is 0.511. The van der Waals surface area contributed by atoms with Gasteiger partial charge in [0.1, 0.15) is 0 Å². The molecule has 2 heteroatoms. The zero-order chi connectivity index (χ0) is 12.1. The molecule has 0 N–H and O–H groups in total. The summed E-state index contributed by atoms with van der Waals surface area (Å²) < 4.78 is 1.13. The first-order chi connectivity index (χ1) is 8.29. The van der Waals surface area contributed by atoms with Gasteiger partial charge in [-0.15, -0.1) is 0 Å². The van der Waals surface area contributed by atoms with E-state index in [0.717, 1.165) is 17.3 Å². The van der Waals surface area contributed by atoms with Crippen molar-refractivity contribution < 1.29 is 0 Å². The summed E-state index contributed by atoms with van der Waals surface area (Å²) in [6.07, 6.45) is 4.05. The van der Waals surface area contributed by atoms with Crippen molar-refractivity contribution in [3.05, 3.63) is 64.4 Å². The molecule has 0 aliphatic carbocycles. The Kier molecular flexibility index (Phi) is 4.32. The smallest absolute Gasteiger partial charge is 0.0437 e. The van der Waals surface area contributed by atoms with Crippen molar-refractivity contribution in [3.8, 4) is 0 Å². The number of halogens is 1. The van der Waals surface area contributed by atoms with Gasteiger partial charge in [-0.25, -0.2) is 0 Å². The normalized spacial score (nSPS) is 12.4. The standard InChI is InChI=1S/C15H16BrN/c1-2-13(15-5-3-4-10-17-15)11-12-6-8-14(16)9-7-12/h3-10,13H,2,11H2,1H3. The molecule has 1 aromatic carbocycles. The van der Waals surface area contributed by atoms with Crippen LogP contribution in [0.25, 0.3) is 0 Å². The van der Waals surface area contributed by atoms with Crippen molar-refractivity contribution in [3.63, 3.8) is 0 Å². The molecule has 0 aliphatic heterocycles. The van der Waals surface area contributed by atoms with Crippen molar-refractivity contribution >= 4 is 15.9 Å². The Bertz CT molecular complexity index is 450. The lowest BCUT2D eigenvalue weighted by Crippen LogP contribution is -2.03. The first kappa shape index (κ1) is 12.3. The van der Waals surface area contributed by atoms with Crippen molar-refractivity contribution in [1.82, 2.24) is 4.98 Å². The van der Waals surface area contributed by atoms with Gasteiger partial charge in [-0.3, -0.25) is 4.98 Å². The van der Waals surface area contributed by atoms with Crippen molar-refractivity contribution in [2.75, 3.05) is 0 Å². The van der Waals surface area contributed by atoms with E-state index in [1.807, 2.05) is 12.3 Å².